The molecule has 0 aliphatic heterocycles. The molecule has 1 aromatic carbocycles. The van der Waals surface area contributed by atoms with Crippen molar-refractivity contribution in [2.24, 2.45) is 0 Å². The minimum absolute atomic E-state index is 0.134. The lowest BCUT2D eigenvalue weighted by Gasteiger charge is -2.06. The number of aryl methyl sites for hydroxylation is 2. The van der Waals surface area contributed by atoms with Gasteiger partial charge >= 0.3 is 0 Å². The van der Waals surface area contributed by atoms with Crippen molar-refractivity contribution in [2.45, 2.75) is 30.6 Å². The Morgan fingerprint density at radius 3 is 2.57 bits per heavy atom. The zero-order chi connectivity index (χ0) is 14.9. The van der Waals surface area contributed by atoms with Crippen LogP contribution in [0.1, 0.15) is 29.0 Å². The molecule has 3 rings (SSSR count). The predicted octanol–water partition coefficient (Wildman–Crippen LogP) is 2.69. The van der Waals surface area contributed by atoms with Gasteiger partial charge in [-0.15, -0.1) is 11.3 Å². The summed E-state index contributed by atoms with van der Waals surface area (Å²) < 4.78 is 27.1. The molecule has 1 N–H and O–H groups in total. The van der Waals surface area contributed by atoms with E-state index in [2.05, 4.69) is 9.71 Å². The molecule has 0 saturated carbocycles. The molecule has 0 bridgehead atoms. The van der Waals surface area contributed by atoms with Crippen LogP contribution in [0.25, 0.3) is 0 Å². The number of fused-ring (bicyclic) bond motifs is 1. The highest BCUT2D eigenvalue weighted by atomic mass is 32.2. The average molecular weight is 319 g/mol. The van der Waals surface area contributed by atoms with E-state index in [-0.39, 0.29) is 4.90 Å². The summed E-state index contributed by atoms with van der Waals surface area (Å²) in [5, 5.41) is 9.16. The fourth-order valence-corrected chi connectivity index (χ4v) is 4.56. The van der Waals surface area contributed by atoms with Gasteiger partial charge < -0.3 is 0 Å². The zero-order valence-corrected chi connectivity index (χ0v) is 12.8. The summed E-state index contributed by atoms with van der Waals surface area (Å²) in [6, 6.07) is 7.79. The van der Waals surface area contributed by atoms with Gasteiger partial charge in [0.1, 0.15) is 0 Å². The van der Waals surface area contributed by atoms with Gasteiger partial charge in [0.2, 0.25) is 0 Å². The van der Waals surface area contributed by atoms with Gasteiger partial charge in [-0.1, -0.05) is 0 Å². The third-order valence-electron chi connectivity index (χ3n) is 3.36. The topological polar surface area (TPSA) is 82.8 Å². The largest absolute Gasteiger partial charge is 0.263 e. The molecule has 0 fully saturated rings. The number of hydrogen-bond acceptors (Lipinski definition) is 5. The molecule has 0 saturated heterocycles. The summed E-state index contributed by atoms with van der Waals surface area (Å²) in [6.45, 7) is 0. The lowest BCUT2D eigenvalue weighted by molar-refractivity contribution is 0.601. The highest BCUT2D eigenvalue weighted by Gasteiger charge is 2.20. The Kier molecular flexibility index (Phi) is 3.66. The maximum atomic E-state index is 12.3. The summed E-state index contributed by atoms with van der Waals surface area (Å²) in [7, 11) is -3.65. The summed E-state index contributed by atoms with van der Waals surface area (Å²) in [5.74, 6) is 0. The minimum Gasteiger partial charge on any atom is -0.255 e. The second-order valence-corrected chi connectivity index (χ2v) is 7.60. The molecule has 1 heterocycles. The van der Waals surface area contributed by atoms with Gasteiger partial charge in [0.05, 0.1) is 22.2 Å². The Balaban J connectivity index is 1.85. The Labute approximate surface area is 127 Å². The zero-order valence-electron chi connectivity index (χ0n) is 11.2. The van der Waals surface area contributed by atoms with Crippen LogP contribution in [-0.4, -0.2) is 13.4 Å². The van der Waals surface area contributed by atoms with Gasteiger partial charge in [-0.25, -0.2) is 13.4 Å². The summed E-state index contributed by atoms with van der Waals surface area (Å²) in [5.41, 5.74) is 1.45. The van der Waals surface area contributed by atoms with Gasteiger partial charge in [0.25, 0.3) is 10.0 Å². The molecule has 0 amide bonds. The molecule has 0 unspecified atom stereocenters. The average Bonchev–Trinajstić information content (AvgIpc) is 2.88. The first-order valence-electron chi connectivity index (χ1n) is 6.60. The molecule has 0 radical (unpaired) electrons. The third-order valence-corrected chi connectivity index (χ3v) is 5.92. The van der Waals surface area contributed by atoms with E-state index >= 15 is 0 Å². The first kappa shape index (κ1) is 14.0. The molecule has 1 aliphatic rings. The minimum atomic E-state index is -3.65. The molecule has 7 heteroatoms. The van der Waals surface area contributed by atoms with E-state index in [1.54, 1.807) is 0 Å². The molecule has 21 heavy (non-hydrogen) atoms. The van der Waals surface area contributed by atoms with Crippen LogP contribution in [0, 0.1) is 11.3 Å². The van der Waals surface area contributed by atoms with Crippen molar-refractivity contribution in [2.75, 3.05) is 4.72 Å². The lowest BCUT2D eigenvalue weighted by atomic mass is 10.0. The highest BCUT2D eigenvalue weighted by Crippen LogP contribution is 2.30. The SMILES string of the molecule is N#Cc1ccc(S(=O)(=O)Nc2nc3c(s2)CCCC3)cc1. The van der Waals surface area contributed by atoms with Crippen molar-refractivity contribution < 1.29 is 8.42 Å². The Bertz CT molecular complexity index is 778. The molecular formula is C14H13N3O2S2. The number of sulfonamides is 1. The predicted molar refractivity (Wildman–Crippen MR) is 80.7 cm³/mol. The van der Waals surface area contributed by atoms with Crippen LogP contribution in [0.3, 0.4) is 0 Å². The van der Waals surface area contributed by atoms with Crippen LogP contribution in [0.2, 0.25) is 0 Å². The highest BCUT2D eigenvalue weighted by molar-refractivity contribution is 7.93. The van der Waals surface area contributed by atoms with Gasteiger partial charge in [-0.2, -0.15) is 5.26 Å². The van der Waals surface area contributed by atoms with E-state index in [0.29, 0.717) is 10.7 Å². The lowest BCUT2D eigenvalue weighted by Crippen LogP contribution is -2.12. The number of nitrogens with one attached hydrogen (secondary N) is 1. The smallest absolute Gasteiger partial charge is 0.255 e. The van der Waals surface area contributed by atoms with Crippen molar-refractivity contribution in [1.82, 2.24) is 4.98 Å². The summed E-state index contributed by atoms with van der Waals surface area (Å²) >= 11 is 1.41. The second kappa shape index (κ2) is 5.47. The summed E-state index contributed by atoms with van der Waals surface area (Å²) in [6.07, 6.45) is 4.14. The number of aromatic nitrogens is 1. The third kappa shape index (κ3) is 2.91. The number of hydrogen-bond donors (Lipinski definition) is 1. The molecule has 1 aliphatic carbocycles. The van der Waals surface area contributed by atoms with Crippen molar-refractivity contribution in [3.63, 3.8) is 0 Å². The van der Waals surface area contributed by atoms with Crippen LogP contribution >= 0.6 is 11.3 Å². The van der Waals surface area contributed by atoms with Crippen molar-refractivity contribution in [1.29, 1.82) is 5.26 Å². The standard InChI is InChI=1S/C14H13N3O2S2/c15-9-10-5-7-11(8-6-10)21(18,19)17-14-16-12-3-1-2-4-13(12)20-14/h5-8H,1-4H2,(H,16,17). The van der Waals surface area contributed by atoms with E-state index in [4.69, 9.17) is 5.26 Å². The van der Waals surface area contributed by atoms with Crippen LogP contribution in [0.5, 0.6) is 0 Å². The van der Waals surface area contributed by atoms with E-state index in [1.165, 1.54) is 40.5 Å². The maximum Gasteiger partial charge on any atom is 0.263 e. The number of anilines is 1. The number of nitrogens with zero attached hydrogens (tertiary/aromatic N) is 2. The Hall–Kier alpha value is -1.91. The quantitative estimate of drug-likeness (QED) is 0.943. The Morgan fingerprint density at radius 1 is 1.19 bits per heavy atom. The number of thiazole rings is 1. The molecule has 2 aromatic rings. The normalized spacial score (nSPS) is 14.2. The molecule has 0 atom stereocenters. The van der Waals surface area contributed by atoms with E-state index in [9.17, 15) is 8.42 Å². The number of nitriles is 1. The van der Waals surface area contributed by atoms with Crippen LogP contribution in [0.4, 0.5) is 5.13 Å². The van der Waals surface area contributed by atoms with Gasteiger partial charge in [0.15, 0.2) is 5.13 Å². The van der Waals surface area contributed by atoms with Crippen molar-refractivity contribution in [3.8, 4) is 6.07 Å². The van der Waals surface area contributed by atoms with E-state index in [1.807, 2.05) is 6.07 Å². The van der Waals surface area contributed by atoms with Gasteiger partial charge in [-0.3, -0.25) is 4.72 Å². The van der Waals surface area contributed by atoms with Gasteiger partial charge in [-0.05, 0) is 49.9 Å². The first-order valence-corrected chi connectivity index (χ1v) is 8.90. The monoisotopic (exact) mass is 319 g/mol. The van der Waals surface area contributed by atoms with Crippen LogP contribution in [-0.2, 0) is 22.9 Å². The van der Waals surface area contributed by atoms with Crippen molar-refractivity contribution >= 4 is 26.5 Å². The summed E-state index contributed by atoms with van der Waals surface area (Å²) in [4.78, 5) is 5.68. The second-order valence-electron chi connectivity index (χ2n) is 4.84. The molecule has 5 nitrogen and oxygen atoms in total. The molecule has 0 spiro atoms. The van der Waals surface area contributed by atoms with Crippen molar-refractivity contribution in [3.05, 3.63) is 40.4 Å². The fourth-order valence-electron chi connectivity index (χ4n) is 2.28. The van der Waals surface area contributed by atoms with Crippen LogP contribution < -0.4 is 4.72 Å². The van der Waals surface area contributed by atoms with Gasteiger partial charge in [0, 0.05) is 4.88 Å². The number of benzene rings is 1. The number of rotatable bonds is 3. The Morgan fingerprint density at radius 2 is 1.90 bits per heavy atom. The first-order chi connectivity index (χ1) is 10.1. The maximum absolute atomic E-state index is 12.3. The molecule has 1 aromatic heterocycles. The fraction of sp³-hybridized carbons (Fsp3) is 0.286. The molecule has 108 valence electrons. The van der Waals surface area contributed by atoms with Crippen LogP contribution in [0.15, 0.2) is 29.2 Å². The van der Waals surface area contributed by atoms with E-state index in [0.717, 1.165) is 31.4 Å². The molecular weight excluding hydrogens is 306 g/mol. The van der Waals surface area contributed by atoms with E-state index < -0.39 is 10.0 Å².